The molecule has 0 spiro atoms. The normalized spacial score (nSPS) is 14.4. The quantitative estimate of drug-likeness (QED) is 0.484. The molecule has 0 radical (unpaired) electrons. The Morgan fingerprint density at radius 3 is 2.95 bits per heavy atom. The lowest BCUT2D eigenvalue weighted by Crippen LogP contribution is -2.16. The van der Waals surface area contributed by atoms with Crippen LogP contribution in [0.25, 0.3) is 11.0 Å². The molecule has 0 aliphatic heterocycles. The fourth-order valence-corrected chi connectivity index (χ4v) is 2.72. The second kappa shape index (κ2) is 6.38. The Morgan fingerprint density at radius 1 is 1.41 bits per heavy atom. The van der Waals surface area contributed by atoms with Crippen molar-refractivity contribution in [1.82, 2.24) is 9.55 Å². The summed E-state index contributed by atoms with van der Waals surface area (Å²) in [5.41, 5.74) is 8.39. The molecule has 2 aromatic rings. The Balaban J connectivity index is 1.78. The number of carbonyl (C=O) groups is 1. The third-order valence-corrected chi connectivity index (χ3v) is 4.08. The molecule has 0 atom stereocenters. The molecule has 22 heavy (non-hydrogen) atoms. The molecule has 0 unspecified atom stereocenters. The van der Waals surface area contributed by atoms with Gasteiger partial charge < -0.3 is 15.0 Å². The average Bonchev–Trinajstić information content (AvgIpc) is 3.28. The van der Waals surface area contributed by atoms with E-state index in [0.717, 1.165) is 49.0 Å². The average molecular weight is 301 g/mol. The van der Waals surface area contributed by atoms with E-state index in [1.54, 1.807) is 0 Å². The van der Waals surface area contributed by atoms with Crippen LogP contribution in [0.5, 0.6) is 0 Å². The molecule has 2 N–H and O–H groups in total. The fraction of sp³-hybridized carbons (Fsp3) is 0.529. The van der Waals surface area contributed by atoms with Gasteiger partial charge in [-0.1, -0.05) is 25.8 Å². The molecule has 1 heterocycles. The van der Waals surface area contributed by atoms with Crippen molar-refractivity contribution in [2.75, 3.05) is 12.3 Å². The highest BCUT2D eigenvalue weighted by atomic mass is 16.5. The summed E-state index contributed by atoms with van der Waals surface area (Å²) in [6, 6.07) is 5.72. The largest absolute Gasteiger partial charge is 0.464 e. The second-order valence-electron chi connectivity index (χ2n) is 5.97. The van der Waals surface area contributed by atoms with Crippen molar-refractivity contribution in [1.29, 1.82) is 0 Å². The number of unbranched alkanes of at least 4 members (excludes halogenated alkanes) is 2. The van der Waals surface area contributed by atoms with Crippen LogP contribution in [0.3, 0.4) is 0 Å². The van der Waals surface area contributed by atoms with E-state index in [-0.39, 0.29) is 12.5 Å². The molecule has 1 fully saturated rings. The Morgan fingerprint density at radius 2 is 2.23 bits per heavy atom. The molecule has 0 amide bonds. The number of ether oxygens (including phenoxy) is 1. The molecule has 1 aliphatic carbocycles. The van der Waals surface area contributed by atoms with Gasteiger partial charge in [0.1, 0.15) is 17.9 Å². The number of para-hydroxylation sites is 1. The Hall–Kier alpha value is -2.04. The lowest BCUT2D eigenvalue weighted by molar-refractivity contribution is -0.144. The fourth-order valence-electron chi connectivity index (χ4n) is 2.72. The van der Waals surface area contributed by atoms with Gasteiger partial charge in [0.05, 0.1) is 17.8 Å². The summed E-state index contributed by atoms with van der Waals surface area (Å²) < 4.78 is 7.31. The monoisotopic (exact) mass is 301 g/mol. The smallest absolute Gasteiger partial charge is 0.326 e. The van der Waals surface area contributed by atoms with Crippen LogP contribution in [0.1, 0.15) is 50.8 Å². The van der Waals surface area contributed by atoms with Crippen molar-refractivity contribution in [3.8, 4) is 0 Å². The Bertz CT molecular complexity index is 674. The van der Waals surface area contributed by atoms with Crippen LogP contribution >= 0.6 is 0 Å². The van der Waals surface area contributed by atoms with Crippen molar-refractivity contribution < 1.29 is 9.53 Å². The molecule has 0 saturated heterocycles. The van der Waals surface area contributed by atoms with E-state index in [9.17, 15) is 4.79 Å². The van der Waals surface area contributed by atoms with E-state index in [0.29, 0.717) is 18.2 Å². The predicted molar refractivity (Wildman–Crippen MR) is 86.6 cm³/mol. The van der Waals surface area contributed by atoms with Gasteiger partial charge in [0.15, 0.2) is 0 Å². The number of hydrogen-bond acceptors (Lipinski definition) is 4. The number of anilines is 1. The van der Waals surface area contributed by atoms with Gasteiger partial charge in [-0.3, -0.25) is 4.79 Å². The number of aromatic nitrogens is 2. The number of carbonyl (C=O) groups excluding carboxylic acids is 1. The third-order valence-electron chi connectivity index (χ3n) is 4.08. The minimum Gasteiger partial charge on any atom is -0.464 e. The molecule has 5 heteroatoms. The summed E-state index contributed by atoms with van der Waals surface area (Å²) in [6.07, 6.45) is 5.40. The number of esters is 1. The van der Waals surface area contributed by atoms with Crippen molar-refractivity contribution >= 4 is 22.7 Å². The van der Waals surface area contributed by atoms with Gasteiger partial charge in [0, 0.05) is 5.92 Å². The number of fused-ring (bicyclic) bond motifs is 1. The van der Waals surface area contributed by atoms with Crippen molar-refractivity contribution in [3.05, 3.63) is 24.0 Å². The number of nitrogens with zero attached hydrogens (tertiary/aromatic N) is 2. The topological polar surface area (TPSA) is 70.1 Å². The van der Waals surface area contributed by atoms with E-state index in [1.165, 1.54) is 0 Å². The predicted octanol–water partition coefficient (Wildman–Crippen LogP) is 3.23. The molecule has 118 valence electrons. The van der Waals surface area contributed by atoms with Gasteiger partial charge in [0.2, 0.25) is 0 Å². The molecular formula is C17H23N3O2. The SMILES string of the molecule is CCCCCOC(=O)Cn1c(C2CC2)nc2c(N)cccc21. The van der Waals surface area contributed by atoms with Gasteiger partial charge in [-0.25, -0.2) is 4.98 Å². The molecular weight excluding hydrogens is 278 g/mol. The number of hydrogen-bond donors (Lipinski definition) is 1. The van der Waals surface area contributed by atoms with E-state index < -0.39 is 0 Å². The minimum absolute atomic E-state index is 0.195. The summed E-state index contributed by atoms with van der Waals surface area (Å²) >= 11 is 0. The highest BCUT2D eigenvalue weighted by Gasteiger charge is 2.30. The zero-order valence-electron chi connectivity index (χ0n) is 13.0. The first-order valence-corrected chi connectivity index (χ1v) is 8.11. The Kier molecular flexibility index (Phi) is 4.32. The van der Waals surface area contributed by atoms with E-state index >= 15 is 0 Å². The number of nitrogen functional groups attached to an aromatic ring is 1. The van der Waals surface area contributed by atoms with Crippen molar-refractivity contribution in [3.63, 3.8) is 0 Å². The first kappa shape index (κ1) is 14.9. The Labute approximate surface area is 130 Å². The first-order valence-electron chi connectivity index (χ1n) is 8.11. The maximum Gasteiger partial charge on any atom is 0.326 e. The summed E-state index contributed by atoms with van der Waals surface area (Å²) in [4.78, 5) is 16.8. The third kappa shape index (κ3) is 3.08. The van der Waals surface area contributed by atoms with Gasteiger partial charge in [-0.2, -0.15) is 0 Å². The van der Waals surface area contributed by atoms with Gasteiger partial charge in [0.25, 0.3) is 0 Å². The van der Waals surface area contributed by atoms with Crippen LogP contribution in [0.15, 0.2) is 18.2 Å². The molecule has 1 saturated carbocycles. The van der Waals surface area contributed by atoms with Crippen LogP contribution in [0, 0.1) is 0 Å². The van der Waals surface area contributed by atoms with E-state index in [4.69, 9.17) is 10.5 Å². The minimum atomic E-state index is -0.195. The standard InChI is InChI=1S/C17H23N3O2/c1-2-3-4-10-22-15(21)11-20-14-7-5-6-13(18)16(14)19-17(20)12-8-9-12/h5-7,12H,2-4,8-11,18H2,1H3. The maximum atomic E-state index is 12.1. The molecule has 5 nitrogen and oxygen atoms in total. The molecule has 1 aliphatic rings. The van der Waals surface area contributed by atoms with Crippen LogP contribution in [-0.2, 0) is 16.1 Å². The summed E-state index contributed by atoms with van der Waals surface area (Å²) in [5, 5.41) is 0. The molecule has 0 bridgehead atoms. The molecule has 1 aromatic carbocycles. The molecule has 1 aromatic heterocycles. The van der Waals surface area contributed by atoms with E-state index in [1.807, 2.05) is 22.8 Å². The second-order valence-corrected chi connectivity index (χ2v) is 5.97. The van der Waals surface area contributed by atoms with Crippen LogP contribution < -0.4 is 5.73 Å². The summed E-state index contributed by atoms with van der Waals surface area (Å²) in [7, 11) is 0. The number of rotatable bonds is 7. The van der Waals surface area contributed by atoms with E-state index in [2.05, 4.69) is 11.9 Å². The lowest BCUT2D eigenvalue weighted by Gasteiger charge is -2.09. The number of benzene rings is 1. The highest BCUT2D eigenvalue weighted by molar-refractivity contribution is 5.88. The van der Waals surface area contributed by atoms with Crippen molar-refractivity contribution in [2.24, 2.45) is 0 Å². The van der Waals surface area contributed by atoms with Crippen molar-refractivity contribution in [2.45, 2.75) is 51.5 Å². The number of imidazole rings is 1. The van der Waals surface area contributed by atoms with Gasteiger partial charge >= 0.3 is 5.97 Å². The maximum absolute atomic E-state index is 12.1. The lowest BCUT2D eigenvalue weighted by atomic mass is 10.2. The highest BCUT2D eigenvalue weighted by Crippen LogP contribution is 2.41. The van der Waals surface area contributed by atoms with Gasteiger partial charge in [-0.15, -0.1) is 0 Å². The summed E-state index contributed by atoms with van der Waals surface area (Å²) in [6.45, 7) is 2.85. The molecule has 3 rings (SSSR count). The zero-order valence-corrected chi connectivity index (χ0v) is 13.0. The van der Waals surface area contributed by atoms with Crippen LogP contribution in [0.2, 0.25) is 0 Å². The van der Waals surface area contributed by atoms with Crippen LogP contribution in [-0.4, -0.2) is 22.1 Å². The first-order chi connectivity index (χ1) is 10.7. The van der Waals surface area contributed by atoms with Gasteiger partial charge in [-0.05, 0) is 31.4 Å². The number of nitrogens with two attached hydrogens (primary N) is 1. The van der Waals surface area contributed by atoms with Crippen LogP contribution in [0.4, 0.5) is 5.69 Å². The summed E-state index contributed by atoms with van der Waals surface area (Å²) in [5.74, 6) is 1.23. The zero-order chi connectivity index (χ0) is 15.5.